The van der Waals surface area contributed by atoms with E-state index < -0.39 is 6.36 Å². The quantitative estimate of drug-likeness (QED) is 0.842. The molecule has 8 heteroatoms. The van der Waals surface area contributed by atoms with Gasteiger partial charge in [-0.15, -0.1) is 25.6 Å². The lowest BCUT2D eigenvalue weighted by molar-refractivity contribution is -0.274. The summed E-state index contributed by atoms with van der Waals surface area (Å²) in [5.74, 6) is 0.807. The maximum atomic E-state index is 12.1. The third-order valence-corrected chi connectivity index (χ3v) is 2.96. The molecule has 0 bridgehead atoms. The minimum absolute atomic E-state index is 0. The van der Waals surface area contributed by atoms with Gasteiger partial charge in [-0.25, -0.2) is 0 Å². The SMILES string of the molecule is COc1cc(-c2ccc(OC(F)(F)F)cc2)ccc1OCCN.Cl. The van der Waals surface area contributed by atoms with Gasteiger partial charge in [-0.3, -0.25) is 0 Å². The van der Waals surface area contributed by atoms with Crippen LogP contribution in [0.5, 0.6) is 17.2 Å². The van der Waals surface area contributed by atoms with Crippen LogP contribution in [-0.4, -0.2) is 26.6 Å². The van der Waals surface area contributed by atoms with Crippen molar-refractivity contribution in [3.8, 4) is 28.4 Å². The number of hydrogen-bond acceptors (Lipinski definition) is 4. The van der Waals surface area contributed by atoms with Crippen molar-refractivity contribution in [2.75, 3.05) is 20.3 Å². The molecule has 0 atom stereocenters. The van der Waals surface area contributed by atoms with Gasteiger partial charge in [0.2, 0.25) is 0 Å². The monoisotopic (exact) mass is 363 g/mol. The summed E-state index contributed by atoms with van der Waals surface area (Å²) in [5.41, 5.74) is 6.89. The Morgan fingerprint density at radius 1 is 0.958 bits per heavy atom. The van der Waals surface area contributed by atoms with E-state index in [2.05, 4.69) is 4.74 Å². The molecule has 2 N–H and O–H groups in total. The van der Waals surface area contributed by atoms with E-state index >= 15 is 0 Å². The zero-order valence-corrected chi connectivity index (χ0v) is 13.6. The Morgan fingerprint density at radius 3 is 2.12 bits per heavy atom. The fourth-order valence-electron chi connectivity index (χ4n) is 1.98. The number of benzene rings is 2. The van der Waals surface area contributed by atoms with Crippen molar-refractivity contribution in [2.45, 2.75) is 6.36 Å². The molecule has 0 radical (unpaired) electrons. The lowest BCUT2D eigenvalue weighted by atomic mass is 10.1. The topological polar surface area (TPSA) is 53.7 Å². The first-order chi connectivity index (χ1) is 10.9. The Kier molecular flexibility index (Phi) is 7.18. The van der Waals surface area contributed by atoms with Gasteiger partial charge in [-0.2, -0.15) is 0 Å². The Balaban J connectivity index is 0.00000288. The number of hydrogen-bond donors (Lipinski definition) is 1. The predicted molar refractivity (Wildman–Crippen MR) is 86.9 cm³/mol. The normalized spacial score (nSPS) is 10.7. The van der Waals surface area contributed by atoms with E-state index in [1.165, 1.54) is 31.4 Å². The fraction of sp³-hybridized carbons (Fsp3) is 0.250. The highest BCUT2D eigenvalue weighted by molar-refractivity contribution is 5.85. The first-order valence-electron chi connectivity index (χ1n) is 6.80. The number of rotatable bonds is 6. The lowest BCUT2D eigenvalue weighted by Gasteiger charge is -2.12. The van der Waals surface area contributed by atoms with Crippen LogP contribution in [0.25, 0.3) is 11.1 Å². The summed E-state index contributed by atoms with van der Waals surface area (Å²) in [5, 5.41) is 0. The second kappa shape index (κ2) is 8.65. The summed E-state index contributed by atoms with van der Waals surface area (Å²) in [6.07, 6.45) is -4.70. The molecule has 0 saturated heterocycles. The molecule has 0 fully saturated rings. The first kappa shape index (κ1) is 19.9. The molecular formula is C16H17ClF3NO3. The van der Waals surface area contributed by atoms with Gasteiger partial charge in [0.15, 0.2) is 11.5 Å². The molecule has 0 aliphatic heterocycles. The van der Waals surface area contributed by atoms with E-state index in [4.69, 9.17) is 15.2 Å². The molecule has 0 amide bonds. The van der Waals surface area contributed by atoms with Gasteiger partial charge in [0.25, 0.3) is 0 Å². The molecule has 2 aromatic rings. The maximum Gasteiger partial charge on any atom is 0.573 e. The van der Waals surface area contributed by atoms with Gasteiger partial charge in [0.05, 0.1) is 7.11 Å². The summed E-state index contributed by atoms with van der Waals surface area (Å²) in [4.78, 5) is 0. The van der Waals surface area contributed by atoms with Crippen LogP contribution in [0.3, 0.4) is 0 Å². The summed E-state index contributed by atoms with van der Waals surface area (Å²) in [6, 6.07) is 10.8. The molecule has 0 spiro atoms. The number of methoxy groups -OCH3 is 1. The largest absolute Gasteiger partial charge is 0.573 e. The molecule has 0 aromatic heterocycles. The van der Waals surface area contributed by atoms with Gasteiger partial charge in [0.1, 0.15) is 12.4 Å². The molecule has 0 aliphatic carbocycles. The van der Waals surface area contributed by atoms with Crippen LogP contribution in [-0.2, 0) is 0 Å². The van der Waals surface area contributed by atoms with Crippen LogP contribution in [0, 0.1) is 0 Å². The summed E-state index contributed by atoms with van der Waals surface area (Å²) in [7, 11) is 1.51. The summed E-state index contributed by atoms with van der Waals surface area (Å²) >= 11 is 0. The predicted octanol–water partition coefficient (Wildman–Crippen LogP) is 4.02. The Hall–Kier alpha value is -2.12. The van der Waals surface area contributed by atoms with Gasteiger partial charge >= 0.3 is 6.36 Å². The van der Waals surface area contributed by atoms with E-state index in [1.807, 2.05) is 0 Å². The van der Waals surface area contributed by atoms with Gasteiger partial charge < -0.3 is 19.9 Å². The standard InChI is InChI=1S/C16H16F3NO3.ClH/c1-21-15-10-12(4-7-14(15)22-9-8-20)11-2-5-13(6-3-11)23-16(17,18)19;/h2-7,10H,8-9,20H2,1H3;1H. The lowest BCUT2D eigenvalue weighted by Crippen LogP contribution is -2.16. The average Bonchev–Trinajstić information content (AvgIpc) is 2.52. The van der Waals surface area contributed by atoms with E-state index in [0.717, 1.165) is 11.1 Å². The molecular weight excluding hydrogens is 347 g/mol. The molecule has 0 saturated carbocycles. The summed E-state index contributed by atoms with van der Waals surface area (Å²) < 4.78 is 51.0. The minimum atomic E-state index is -4.70. The Morgan fingerprint density at radius 2 is 1.58 bits per heavy atom. The molecule has 0 heterocycles. The second-order valence-electron chi connectivity index (χ2n) is 4.57. The van der Waals surface area contributed by atoms with Crippen LogP contribution >= 0.6 is 12.4 Å². The highest BCUT2D eigenvalue weighted by Crippen LogP contribution is 2.33. The van der Waals surface area contributed by atoms with Crippen molar-refractivity contribution in [1.82, 2.24) is 0 Å². The Labute approximate surface area is 143 Å². The van der Waals surface area contributed by atoms with Crippen molar-refractivity contribution < 1.29 is 27.4 Å². The van der Waals surface area contributed by atoms with E-state index in [9.17, 15) is 13.2 Å². The molecule has 24 heavy (non-hydrogen) atoms. The van der Waals surface area contributed by atoms with Crippen LogP contribution < -0.4 is 19.9 Å². The van der Waals surface area contributed by atoms with Gasteiger partial charge in [-0.05, 0) is 35.4 Å². The fourth-order valence-corrected chi connectivity index (χ4v) is 1.98. The number of nitrogens with two attached hydrogens (primary N) is 1. The van der Waals surface area contributed by atoms with Crippen molar-refractivity contribution in [3.05, 3.63) is 42.5 Å². The highest BCUT2D eigenvalue weighted by atomic mass is 35.5. The highest BCUT2D eigenvalue weighted by Gasteiger charge is 2.30. The van der Waals surface area contributed by atoms with E-state index in [0.29, 0.717) is 24.7 Å². The van der Waals surface area contributed by atoms with Crippen molar-refractivity contribution in [1.29, 1.82) is 0 Å². The molecule has 2 rings (SSSR count). The molecule has 0 aliphatic rings. The van der Waals surface area contributed by atoms with Crippen molar-refractivity contribution in [3.63, 3.8) is 0 Å². The van der Waals surface area contributed by atoms with Crippen LogP contribution in [0.1, 0.15) is 0 Å². The average molecular weight is 364 g/mol. The molecule has 132 valence electrons. The molecule has 2 aromatic carbocycles. The van der Waals surface area contributed by atoms with E-state index in [1.54, 1.807) is 18.2 Å². The van der Waals surface area contributed by atoms with Crippen LogP contribution in [0.4, 0.5) is 13.2 Å². The smallest absolute Gasteiger partial charge is 0.493 e. The molecule has 4 nitrogen and oxygen atoms in total. The first-order valence-corrected chi connectivity index (χ1v) is 6.80. The summed E-state index contributed by atoms with van der Waals surface area (Å²) in [6.45, 7) is 0.741. The zero-order chi connectivity index (χ0) is 16.9. The minimum Gasteiger partial charge on any atom is -0.493 e. The third-order valence-electron chi connectivity index (χ3n) is 2.96. The van der Waals surface area contributed by atoms with Crippen LogP contribution in [0.15, 0.2) is 42.5 Å². The number of alkyl halides is 3. The Bertz CT molecular complexity index is 648. The van der Waals surface area contributed by atoms with Gasteiger partial charge in [0, 0.05) is 6.54 Å². The van der Waals surface area contributed by atoms with Gasteiger partial charge in [-0.1, -0.05) is 18.2 Å². The van der Waals surface area contributed by atoms with Crippen LogP contribution in [0.2, 0.25) is 0 Å². The van der Waals surface area contributed by atoms with Crippen molar-refractivity contribution >= 4 is 12.4 Å². The number of ether oxygens (including phenoxy) is 3. The van der Waals surface area contributed by atoms with E-state index in [-0.39, 0.29) is 18.2 Å². The zero-order valence-electron chi connectivity index (χ0n) is 12.8. The number of halogens is 4. The second-order valence-corrected chi connectivity index (χ2v) is 4.57. The maximum absolute atomic E-state index is 12.1. The molecule has 0 unspecified atom stereocenters. The third kappa shape index (κ3) is 5.50. The van der Waals surface area contributed by atoms with Crippen molar-refractivity contribution in [2.24, 2.45) is 5.73 Å².